The molecule has 1 amide bonds. The van der Waals surface area contributed by atoms with Crippen LogP contribution in [0.3, 0.4) is 0 Å². The number of ether oxygens (including phenoxy) is 1. The summed E-state index contributed by atoms with van der Waals surface area (Å²) in [6.07, 6.45) is 4.17. The van der Waals surface area contributed by atoms with Gasteiger partial charge in [0, 0.05) is 10.9 Å². The van der Waals surface area contributed by atoms with Crippen molar-refractivity contribution in [1.82, 2.24) is 0 Å². The summed E-state index contributed by atoms with van der Waals surface area (Å²) in [6, 6.07) is 4.57. The van der Waals surface area contributed by atoms with Crippen molar-refractivity contribution >= 4 is 28.9 Å². The summed E-state index contributed by atoms with van der Waals surface area (Å²) in [6.45, 7) is 1.60. The topological polar surface area (TPSA) is 55.4 Å². The first-order valence-electron chi connectivity index (χ1n) is 8.50. The number of rotatable bonds is 5. The van der Waals surface area contributed by atoms with Gasteiger partial charge in [-0.25, -0.2) is 13.6 Å². The van der Waals surface area contributed by atoms with Crippen LogP contribution in [0, 0.1) is 17.6 Å². The second-order valence-electron chi connectivity index (χ2n) is 6.32. The molecule has 0 aliphatic heterocycles. The summed E-state index contributed by atoms with van der Waals surface area (Å²) >= 11 is 1.40. The van der Waals surface area contributed by atoms with Crippen LogP contribution in [0.1, 0.15) is 39.9 Å². The molecule has 0 saturated heterocycles. The van der Waals surface area contributed by atoms with Crippen molar-refractivity contribution in [2.45, 2.75) is 32.6 Å². The third-order valence-electron chi connectivity index (χ3n) is 4.50. The number of thiophene rings is 1. The van der Waals surface area contributed by atoms with E-state index in [0.29, 0.717) is 10.8 Å². The van der Waals surface area contributed by atoms with Crippen LogP contribution in [0.15, 0.2) is 24.3 Å². The Kier molecular flexibility index (Phi) is 5.66. The molecule has 0 unspecified atom stereocenters. The third-order valence-corrected chi connectivity index (χ3v) is 5.72. The van der Waals surface area contributed by atoms with Crippen LogP contribution < -0.4 is 5.32 Å². The lowest BCUT2D eigenvalue weighted by Crippen LogP contribution is -2.21. The molecule has 0 fully saturated rings. The van der Waals surface area contributed by atoms with Crippen LogP contribution in [-0.4, -0.2) is 18.5 Å². The summed E-state index contributed by atoms with van der Waals surface area (Å²) in [5.41, 5.74) is 0.898. The first-order chi connectivity index (χ1) is 12.5. The first-order valence-corrected chi connectivity index (χ1v) is 9.31. The van der Waals surface area contributed by atoms with E-state index in [-0.39, 0.29) is 5.69 Å². The predicted octanol–water partition coefficient (Wildman–Crippen LogP) is 4.34. The Morgan fingerprint density at radius 1 is 1.31 bits per heavy atom. The van der Waals surface area contributed by atoms with Gasteiger partial charge in [0.25, 0.3) is 5.91 Å². The van der Waals surface area contributed by atoms with Crippen molar-refractivity contribution in [2.24, 2.45) is 5.92 Å². The van der Waals surface area contributed by atoms with Gasteiger partial charge in [0.05, 0.1) is 5.69 Å². The van der Waals surface area contributed by atoms with E-state index in [4.69, 9.17) is 4.74 Å². The maximum Gasteiger partial charge on any atom is 0.348 e. The molecule has 1 aliphatic carbocycles. The van der Waals surface area contributed by atoms with Gasteiger partial charge in [0.15, 0.2) is 6.61 Å². The van der Waals surface area contributed by atoms with E-state index in [1.54, 1.807) is 0 Å². The normalized spacial score (nSPS) is 16.0. The highest BCUT2D eigenvalue weighted by molar-refractivity contribution is 7.14. The van der Waals surface area contributed by atoms with Crippen molar-refractivity contribution in [2.75, 3.05) is 11.9 Å². The van der Waals surface area contributed by atoms with E-state index in [0.717, 1.165) is 43.9 Å². The fourth-order valence-corrected chi connectivity index (χ4v) is 4.13. The smallest absolute Gasteiger partial charge is 0.348 e. The molecule has 2 aromatic rings. The number of esters is 1. The zero-order valence-corrected chi connectivity index (χ0v) is 15.1. The molecule has 0 radical (unpaired) electrons. The molecule has 1 atom stereocenters. The number of anilines is 1. The van der Waals surface area contributed by atoms with Gasteiger partial charge >= 0.3 is 5.97 Å². The minimum atomic E-state index is -0.762. The number of carbonyl (C=O) groups is 2. The van der Waals surface area contributed by atoms with E-state index in [2.05, 4.69) is 12.2 Å². The van der Waals surface area contributed by atoms with E-state index in [9.17, 15) is 18.4 Å². The average molecular weight is 379 g/mol. The van der Waals surface area contributed by atoms with Crippen molar-refractivity contribution in [3.05, 3.63) is 51.2 Å². The van der Waals surface area contributed by atoms with E-state index in [1.165, 1.54) is 21.8 Å². The quantitative estimate of drug-likeness (QED) is 0.787. The molecule has 0 saturated carbocycles. The zero-order valence-electron chi connectivity index (χ0n) is 14.3. The van der Waals surface area contributed by atoms with Gasteiger partial charge < -0.3 is 10.1 Å². The molecular formula is C19H19F2NO3S. The number of hydrogen-bond acceptors (Lipinski definition) is 4. The lowest BCUT2D eigenvalue weighted by atomic mass is 9.87. The van der Waals surface area contributed by atoms with Crippen LogP contribution in [-0.2, 0) is 22.4 Å². The van der Waals surface area contributed by atoms with E-state index < -0.39 is 30.1 Å². The van der Waals surface area contributed by atoms with Crippen molar-refractivity contribution in [3.63, 3.8) is 0 Å². The molecule has 4 nitrogen and oxygen atoms in total. The number of aryl methyl sites for hydroxylation is 1. The Balaban J connectivity index is 1.56. The predicted molar refractivity (Wildman–Crippen MR) is 95.4 cm³/mol. The Hall–Kier alpha value is -2.28. The number of benzene rings is 1. The van der Waals surface area contributed by atoms with E-state index in [1.807, 2.05) is 6.07 Å². The molecule has 3 rings (SSSR count). The number of carbonyl (C=O) groups excluding carboxylic acids is 2. The Morgan fingerprint density at radius 2 is 2.12 bits per heavy atom. The number of hydrogen-bond donors (Lipinski definition) is 1. The molecule has 1 N–H and O–H groups in total. The van der Waals surface area contributed by atoms with Crippen LogP contribution in [0.4, 0.5) is 14.5 Å². The fraction of sp³-hybridized carbons (Fsp3) is 0.368. The highest BCUT2D eigenvalue weighted by atomic mass is 32.1. The molecule has 7 heteroatoms. The second kappa shape index (κ2) is 7.95. The van der Waals surface area contributed by atoms with Crippen LogP contribution in [0.2, 0.25) is 0 Å². The number of fused-ring (bicyclic) bond motifs is 1. The lowest BCUT2D eigenvalue weighted by molar-refractivity contribution is -0.119. The van der Waals surface area contributed by atoms with Crippen molar-refractivity contribution in [3.8, 4) is 0 Å². The van der Waals surface area contributed by atoms with Crippen molar-refractivity contribution < 1.29 is 23.1 Å². The molecule has 0 bridgehead atoms. The summed E-state index contributed by atoms with van der Waals surface area (Å²) in [7, 11) is 0. The maximum atomic E-state index is 13.5. The third kappa shape index (κ3) is 4.27. The molecule has 1 aromatic heterocycles. The van der Waals surface area contributed by atoms with Gasteiger partial charge in [-0.2, -0.15) is 0 Å². The standard InChI is InChI=1S/C19H19F2NO3S/c1-2-11-3-6-16-12(7-11)8-17(26-16)19(24)25-10-18(23)22-15-9-13(20)4-5-14(15)21/h4-5,8-9,11H,2-3,6-7,10H2,1H3,(H,22,23)/t11-/m0/s1. The van der Waals surface area contributed by atoms with E-state index >= 15 is 0 Å². The molecule has 138 valence electrons. The summed E-state index contributed by atoms with van der Waals surface area (Å²) < 4.78 is 31.6. The molecular weight excluding hydrogens is 360 g/mol. The van der Waals surface area contributed by atoms with Gasteiger partial charge in [-0.15, -0.1) is 11.3 Å². The van der Waals surface area contributed by atoms with Crippen LogP contribution in [0.5, 0.6) is 0 Å². The van der Waals surface area contributed by atoms with Crippen molar-refractivity contribution in [1.29, 1.82) is 0 Å². The highest BCUT2D eigenvalue weighted by Gasteiger charge is 2.23. The Morgan fingerprint density at radius 3 is 2.88 bits per heavy atom. The fourth-order valence-electron chi connectivity index (χ4n) is 3.03. The number of amides is 1. The Bertz CT molecular complexity index is 834. The monoisotopic (exact) mass is 379 g/mol. The summed E-state index contributed by atoms with van der Waals surface area (Å²) in [5.74, 6) is -2.09. The average Bonchev–Trinajstić information content (AvgIpc) is 3.06. The first kappa shape index (κ1) is 18.5. The Labute approximate surface area is 154 Å². The minimum Gasteiger partial charge on any atom is -0.451 e. The summed E-state index contributed by atoms with van der Waals surface area (Å²) in [4.78, 5) is 25.7. The number of halogens is 2. The highest BCUT2D eigenvalue weighted by Crippen LogP contribution is 2.33. The van der Waals surface area contributed by atoms with Crippen LogP contribution in [0.25, 0.3) is 0 Å². The molecule has 26 heavy (non-hydrogen) atoms. The summed E-state index contributed by atoms with van der Waals surface area (Å²) in [5, 5.41) is 2.19. The molecule has 1 aromatic carbocycles. The van der Waals surface area contributed by atoms with Gasteiger partial charge in [-0.3, -0.25) is 4.79 Å². The SMILES string of the molecule is CC[C@H]1CCc2sc(C(=O)OCC(=O)Nc3cc(F)ccc3F)cc2C1. The zero-order chi connectivity index (χ0) is 18.7. The largest absolute Gasteiger partial charge is 0.451 e. The maximum absolute atomic E-state index is 13.5. The molecule has 0 spiro atoms. The van der Waals surface area contributed by atoms with Gasteiger partial charge in [-0.05, 0) is 48.9 Å². The molecule has 1 aliphatic rings. The molecule has 1 heterocycles. The second-order valence-corrected chi connectivity index (χ2v) is 7.46. The minimum absolute atomic E-state index is 0.289. The van der Waals surface area contributed by atoms with Gasteiger partial charge in [-0.1, -0.05) is 13.3 Å². The number of nitrogens with one attached hydrogen (secondary N) is 1. The van der Waals surface area contributed by atoms with Gasteiger partial charge in [0.2, 0.25) is 0 Å². The van der Waals surface area contributed by atoms with Gasteiger partial charge in [0.1, 0.15) is 16.5 Å². The van der Waals surface area contributed by atoms with Crippen LogP contribution >= 0.6 is 11.3 Å². The lowest BCUT2D eigenvalue weighted by Gasteiger charge is -2.19.